The number of nitrogens with one attached hydrogen (secondary N) is 2. The van der Waals surface area contributed by atoms with Crippen LogP contribution in [0.25, 0.3) is 0 Å². The molecule has 2 heterocycles. The summed E-state index contributed by atoms with van der Waals surface area (Å²) in [4.78, 5) is 10.1. The molecule has 0 atom stereocenters. The normalized spacial score (nSPS) is 17.9. The molecule has 1 aromatic carbocycles. The molecular formula is C22H30N4O2S. The second-order valence-electron chi connectivity index (χ2n) is 7.81. The molecule has 7 heteroatoms. The number of aliphatic imine (C=N–C) groups is 1. The van der Waals surface area contributed by atoms with Crippen molar-refractivity contribution in [2.24, 2.45) is 4.99 Å². The summed E-state index contributed by atoms with van der Waals surface area (Å²) >= 11 is 1.76. The zero-order valence-corrected chi connectivity index (χ0v) is 18.1. The fourth-order valence-corrected chi connectivity index (χ4v) is 5.06. The number of ether oxygens (including phenoxy) is 2. The van der Waals surface area contributed by atoms with Crippen LogP contribution in [0, 0.1) is 6.92 Å². The van der Waals surface area contributed by atoms with Crippen LogP contribution in [-0.4, -0.2) is 44.3 Å². The molecule has 1 aliphatic carbocycles. The number of fused-ring (bicyclic) bond motifs is 1. The van der Waals surface area contributed by atoms with E-state index in [-0.39, 0.29) is 5.41 Å². The van der Waals surface area contributed by atoms with Crippen molar-refractivity contribution in [1.82, 2.24) is 15.6 Å². The van der Waals surface area contributed by atoms with Crippen LogP contribution in [0.5, 0.6) is 11.5 Å². The van der Waals surface area contributed by atoms with Crippen molar-refractivity contribution in [3.05, 3.63) is 39.8 Å². The van der Waals surface area contributed by atoms with Gasteiger partial charge in [-0.3, -0.25) is 4.99 Å². The van der Waals surface area contributed by atoms with Crippen LogP contribution < -0.4 is 20.1 Å². The third-order valence-electron chi connectivity index (χ3n) is 5.83. The number of hydrogen-bond acceptors (Lipinski definition) is 5. The molecule has 1 fully saturated rings. The molecule has 0 amide bonds. The van der Waals surface area contributed by atoms with Crippen LogP contribution in [0.3, 0.4) is 0 Å². The topological polar surface area (TPSA) is 67.8 Å². The Morgan fingerprint density at radius 2 is 1.97 bits per heavy atom. The van der Waals surface area contributed by atoms with Gasteiger partial charge in [0.05, 0.1) is 5.01 Å². The molecule has 6 nitrogen and oxygen atoms in total. The van der Waals surface area contributed by atoms with E-state index in [2.05, 4.69) is 45.7 Å². The average molecular weight is 415 g/mol. The Morgan fingerprint density at radius 3 is 2.69 bits per heavy atom. The Hall–Kier alpha value is -2.28. The van der Waals surface area contributed by atoms with Gasteiger partial charge in [0.25, 0.3) is 0 Å². The number of nitrogens with zero attached hydrogens (tertiary/aromatic N) is 2. The van der Waals surface area contributed by atoms with Crippen molar-refractivity contribution in [3.8, 4) is 11.5 Å². The second kappa shape index (κ2) is 9.03. The number of hydrogen-bond donors (Lipinski definition) is 2. The molecule has 0 unspecified atom stereocenters. The lowest BCUT2D eigenvalue weighted by atomic mass is 9.78. The van der Waals surface area contributed by atoms with Gasteiger partial charge in [0.1, 0.15) is 13.2 Å². The highest BCUT2D eigenvalue weighted by molar-refractivity contribution is 7.11. The summed E-state index contributed by atoms with van der Waals surface area (Å²) in [6.45, 7) is 5.03. The Bertz CT molecular complexity index is 858. The second-order valence-corrected chi connectivity index (χ2v) is 9.13. The molecule has 0 radical (unpaired) electrons. The number of rotatable bonds is 6. The van der Waals surface area contributed by atoms with E-state index < -0.39 is 0 Å². The maximum Gasteiger partial charge on any atom is 0.191 e. The molecule has 2 N–H and O–H groups in total. The predicted octanol–water partition coefficient (Wildman–Crippen LogP) is 3.44. The van der Waals surface area contributed by atoms with Crippen LogP contribution in [0.15, 0.2) is 29.4 Å². The molecule has 2 aromatic rings. The first-order valence-corrected chi connectivity index (χ1v) is 11.3. The van der Waals surface area contributed by atoms with Gasteiger partial charge >= 0.3 is 0 Å². The lowest BCUT2D eigenvalue weighted by molar-refractivity contribution is 0.171. The molecule has 1 saturated carbocycles. The van der Waals surface area contributed by atoms with Crippen LogP contribution in [0.4, 0.5) is 0 Å². The molecule has 0 saturated heterocycles. The van der Waals surface area contributed by atoms with E-state index >= 15 is 0 Å². The first-order valence-electron chi connectivity index (χ1n) is 10.4. The van der Waals surface area contributed by atoms with Crippen molar-refractivity contribution in [3.63, 3.8) is 0 Å². The Balaban J connectivity index is 1.38. The van der Waals surface area contributed by atoms with Gasteiger partial charge in [-0.1, -0.05) is 18.9 Å². The van der Waals surface area contributed by atoms with Gasteiger partial charge in [-0.25, -0.2) is 4.98 Å². The zero-order valence-electron chi connectivity index (χ0n) is 17.3. The monoisotopic (exact) mass is 414 g/mol. The minimum absolute atomic E-state index is 0.111. The van der Waals surface area contributed by atoms with Crippen molar-refractivity contribution >= 4 is 17.3 Å². The number of guanidine groups is 1. The molecular weight excluding hydrogens is 384 g/mol. The largest absolute Gasteiger partial charge is 0.486 e. The minimum Gasteiger partial charge on any atom is -0.486 e. The van der Waals surface area contributed by atoms with E-state index in [1.165, 1.54) is 36.1 Å². The van der Waals surface area contributed by atoms with Crippen LogP contribution in [-0.2, 0) is 11.8 Å². The maximum atomic E-state index is 5.83. The summed E-state index contributed by atoms with van der Waals surface area (Å²) in [6, 6.07) is 6.46. The number of aryl methyl sites for hydroxylation is 1. The van der Waals surface area contributed by atoms with Crippen molar-refractivity contribution in [2.45, 2.75) is 44.4 Å². The van der Waals surface area contributed by atoms with E-state index in [1.54, 1.807) is 11.3 Å². The number of thiazole rings is 1. The highest BCUT2D eigenvalue weighted by Crippen LogP contribution is 2.43. The van der Waals surface area contributed by atoms with Crippen molar-refractivity contribution < 1.29 is 9.47 Å². The summed E-state index contributed by atoms with van der Waals surface area (Å²) in [5, 5.41) is 8.16. The zero-order chi connectivity index (χ0) is 20.1. The highest BCUT2D eigenvalue weighted by Gasteiger charge is 2.36. The van der Waals surface area contributed by atoms with Gasteiger partial charge in [-0.05, 0) is 37.5 Å². The Morgan fingerprint density at radius 1 is 1.17 bits per heavy atom. The molecule has 2 aliphatic rings. The Labute approximate surface area is 176 Å². The fraction of sp³-hybridized carbons (Fsp3) is 0.545. The molecule has 4 rings (SSSR count). The van der Waals surface area contributed by atoms with Gasteiger partial charge in [0.2, 0.25) is 0 Å². The molecule has 1 aromatic heterocycles. The van der Waals surface area contributed by atoms with Crippen molar-refractivity contribution in [2.75, 3.05) is 33.4 Å². The van der Waals surface area contributed by atoms with Crippen molar-refractivity contribution in [1.29, 1.82) is 0 Å². The van der Waals surface area contributed by atoms with E-state index in [1.807, 2.05) is 13.2 Å². The SMILES string of the molecule is CN=C(NCCc1ncc(C)s1)NCC1(c2ccc3c(c2)OCCO3)CCCC1. The van der Waals surface area contributed by atoms with E-state index in [0.717, 1.165) is 42.0 Å². The summed E-state index contributed by atoms with van der Waals surface area (Å²) < 4.78 is 11.5. The van der Waals surface area contributed by atoms with Gasteiger partial charge in [-0.2, -0.15) is 0 Å². The quantitative estimate of drug-likeness (QED) is 0.560. The minimum atomic E-state index is 0.111. The third-order valence-corrected chi connectivity index (χ3v) is 6.81. The number of aromatic nitrogens is 1. The summed E-state index contributed by atoms with van der Waals surface area (Å²) in [6.07, 6.45) is 7.71. The molecule has 1 aliphatic heterocycles. The third kappa shape index (κ3) is 4.66. The van der Waals surface area contributed by atoms with Crippen LogP contribution >= 0.6 is 11.3 Å². The molecule has 156 valence electrons. The number of benzene rings is 1. The predicted molar refractivity (Wildman–Crippen MR) is 117 cm³/mol. The smallest absolute Gasteiger partial charge is 0.191 e. The van der Waals surface area contributed by atoms with Crippen LogP contribution in [0.1, 0.15) is 41.1 Å². The lowest BCUT2D eigenvalue weighted by Crippen LogP contribution is -2.45. The van der Waals surface area contributed by atoms with E-state index in [0.29, 0.717) is 13.2 Å². The summed E-state index contributed by atoms with van der Waals surface area (Å²) in [5.41, 5.74) is 1.44. The van der Waals surface area contributed by atoms with Gasteiger partial charge in [0, 0.05) is 43.0 Å². The fourth-order valence-electron chi connectivity index (χ4n) is 4.27. The van der Waals surface area contributed by atoms with Gasteiger partial charge in [0.15, 0.2) is 17.5 Å². The first kappa shape index (κ1) is 20.0. The summed E-state index contributed by atoms with van der Waals surface area (Å²) in [7, 11) is 1.83. The lowest BCUT2D eigenvalue weighted by Gasteiger charge is -2.32. The molecule has 29 heavy (non-hydrogen) atoms. The Kier molecular flexibility index (Phi) is 6.23. The van der Waals surface area contributed by atoms with Gasteiger partial charge < -0.3 is 20.1 Å². The van der Waals surface area contributed by atoms with E-state index in [4.69, 9.17) is 9.47 Å². The average Bonchev–Trinajstić information content (AvgIpc) is 3.40. The molecule has 0 bridgehead atoms. The first-order chi connectivity index (χ1) is 14.2. The van der Waals surface area contributed by atoms with Crippen LogP contribution in [0.2, 0.25) is 0 Å². The molecule has 0 spiro atoms. The maximum absolute atomic E-state index is 5.83. The van der Waals surface area contributed by atoms with E-state index in [9.17, 15) is 0 Å². The highest BCUT2D eigenvalue weighted by atomic mass is 32.1. The van der Waals surface area contributed by atoms with Gasteiger partial charge in [-0.15, -0.1) is 11.3 Å². The standard InChI is InChI=1S/C22H30N4O2S/c1-16-14-25-20(29-16)7-10-24-21(23-2)26-15-22(8-3-4-9-22)17-5-6-18-19(13-17)28-12-11-27-18/h5-6,13-14H,3-4,7-12,15H2,1-2H3,(H2,23,24,26). The summed E-state index contributed by atoms with van der Waals surface area (Å²) in [5.74, 6) is 2.58.